The molecule has 5 nitrogen and oxygen atoms in total. The molecule has 0 spiro atoms. The van der Waals surface area contributed by atoms with E-state index in [2.05, 4.69) is 4.72 Å². The van der Waals surface area contributed by atoms with Gasteiger partial charge in [-0.25, -0.2) is 8.42 Å². The Morgan fingerprint density at radius 3 is 2.25 bits per heavy atom. The van der Waals surface area contributed by atoms with E-state index in [1.54, 1.807) is 42.9 Å². The van der Waals surface area contributed by atoms with Crippen LogP contribution in [0.4, 0.5) is 0 Å². The first kappa shape index (κ1) is 18.8. The van der Waals surface area contributed by atoms with Crippen molar-refractivity contribution in [1.29, 1.82) is 0 Å². The molecule has 2 aromatic carbocycles. The van der Waals surface area contributed by atoms with E-state index in [0.29, 0.717) is 5.75 Å². The van der Waals surface area contributed by atoms with E-state index < -0.39 is 10.0 Å². The third-order valence-corrected chi connectivity index (χ3v) is 5.61. The highest BCUT2D eigenvalue weighted by molar-refractivity contribution is 7.98. The van der Waals surface area contributed by atoms with Gasteiger partial charge in [-0.15, -0.1) is 11.8 Å². The maximum absolute atomic E-state index is 12.1. The van der Waals surface area contributed by atoms with Crippen molar-refractivity contribution in [3.63, 3.8) is 0 Å². The van der Waals surface area contributed by atoms with Crippen LogP contribution in [0.2, 0.25) is 0 Å². The van der Waals surface area contributed by atoms with E-state index in [4.69, 9.17) is 4.74 Å². The van der Waals surface area contributed by atoms with Crippen LogP contribution < -0.4 is 9.46 Å². The van der Waals surface area contributed by atoms with Gasteiger partial charge in [0.15, 0.2) is 0 Å². The molecule has 2 rings (SSSR count). The van der Waals surface area contributed by atoms with Crippen LogP contribution in [-0.4, -0.2) is 40.3 Å². The summed E-state index contributed by atoms with van der Waals surface area (Å²) < 4.78 is 32.6. The summed E-state index contributed by atoms with van der Waals surface area (Å²) in [7, 11) is 0.0801. The second-order valence-electron chi connectivity index (χ2n) is 5.59. The molecule has 24 heavy (non-hydrogen) atoms. The molecule has 0 saturated carbocycles. The third kappa shape index (κ3) is 4.98. The molecule has 0 radical (unpaired) electrons. The van der Waals surface area contributed by atoms with Gasteiger partial charge in [0.05, 0.1) is 11.6 Å². The largest absolute Gasteiger partial charge is 0.457 e. The second-order valence-corrected chi connectivity index (χ2v) is 8.21. The lowest BCUT2D eigenvalue weighted by atomic mass is 10.2. The van der Waals surface area contributed by atoms with E-state index in [9.17, 15) is 8.42 Å². The summed E-state index contributed by atoms with van der Waals surface area (Å²) in [4.78, 5) is 3.16. The zero-order chi connectivity index (χ0) is 17.7. The number of thioether (sulfide) groups is 1. The van der Waals surface area contributed by atoms with Crippen molar-refractivity contribution in [3.8, 4) is 11.5 Å². The van der Waals surface area contributed by atoms with Gasteiger partial charge in [0.1, 0.15) is 11.5 Å². The van der Waals surface area contributed by atoms with E-state index >= 15 is 0 Å². The highest BCUT2D eigenvalue weighted by Gasteiger charge is 2.13. The second kappa shape index (κ2) is 8.02. The Bertz CT molecular complexity index is 788. The number of rotatable bonds is 7. The molecule has 7 heteroatoms. The van der Waals surface area contributed by atoms with Crippen molar-refractivity contribution < 1.29 is 13.2 Å². The molecule has 0 unspecified atom stereocenters. The van der Waals surface area contributed by atoms with Crippen molar-refractivity contribution in [2.24, 2.45) is 0 Å². The molecule has 0 aliphatic heterocycles. The number of hydrogen-bond donors (Lipinski definition) is 1. The summed E-state index contributed by atoms with van der Waals surface area (Å²) in [5, 5.41) is 0. The van der Waals surface area contributed by atoms with Crippen LogP contribution in [0.25, 0.3) is 0 Å². The fourth-order valence-electron chi connectivity index (χ4n) is 2.03. The smallest absolute Gasteiger partial charge is 0.241 e. The zero-order valence-electron chi connectivity index (χ0n) is 14.2. The summed E-state index contributed by atoms with van der Waals surface area (Å²) in [5.74, 6) is 1.32. The number of benzene rings is 2. The predicted octanol–water partition coefficient (Wildman–Crippen LogP) is 3.31. The normalized spacial score (nSPS) is 11.7. The minimum atomic E-state index is -3.51. The first-order chi connectivity index (χ1) is 11.3. The number of sulfonamides is 1. The fourth-order valence-corrected chi connectivity index (χ4v) is 3.71. The minimum absolute atomic E-state index is 0.214. The lowest BCUT2D eigenvalue weighted by Crippen LogP contribution is -2.33. The molecule has 0 heterocycles. The highest BCUT2D eigenvalue weighted by atomic mass is 32.2. The topological polar surface area (TPSA) is 58.6 Å². The van der Waals surface area contributed by atoms with Crippen LogP contribution in [0.5, 0.6) is 11.5 Å². The number of nitrogens with one attached hydrogen (secondary N) is 1. The average Bonchev–Trinajstić information content (AvgIpc) is 2.54. The van der Waals surface area contributed by atoms with Crippen LogP contribution in [-0.2, 0) is 10.0 Å². The van der Waals surface area contributed by atoms with Crippen LogP contribution >= 0.6 is 11.8 Å². The summed E-state index contributed by atoms with van der Waals surface area (Å²) in [6, 6.07) is 12.3. The predicted molar refractivity (Wildman–Crippen MR) is 98.4 cm³/mol. The SMILES string of the molecule is CSc1ccc(Oc2ccc(S(=O)(=O)NCN(C)C)cc2)cc1C. The van der Waals surface area contributed by atoms with Crippen LogP contribution in [0.3, 0.4) is 0 Å². The Labute approximate surface area is 148 Å². The van der Waals surface area contributed by atoms with Crippen molar-refractivity contribution in [1.82, 2.24) is 9.62 Å². The fraction of sp³-hybridized carbons (Fsp3) is 0.294. The Kier molecular flexibility index (Phi) is 6.28. The molecule has 0 saturated heterocycles. The average molecular weight is 367 g/mol. The molecule has 0 fully saturated rings. The molecule has 130 valence electrons. The minimum Gasteiger partial charge on any atom is -0.457 e. The standard InChI is InChI=1S/C17H22N2O3S2/c1-13-11-15(7-10-17(13)23-4)22-14-5-8-16(9-6-14)24(20,21)18-12-19(2)3/h5-11,18H,12H2,1-4H3. The summed E-state index contributed by atoms with van der Waals surface area (Å²) >= 11 is 1.69. The summed E-state index contributed by atoms with van der Waals surface area (Å²) in [6.07, 6.45) is 2.03. The Hall–Kier alpha value is -1.54. The van der Waals surface area contributed by atoms with Gasteiger partial charge in [0, 0.05) is 4.90 Å². The van der Waals surface area contributed by atoms with Crippen molar-refractivity contribution >= 4 is 21.8 Å². The van der Waals surface area contributed by atoms with Gasteiger partial charge in [-0.3, -0.25) is 4.90 Å². The van der Waals surface area contributed by atoms with Gasteiger partial charge in [0.25, 0.3) is 0 Å². The Balaban J connectivity index is 2.11. The molecular formula is C17H22N2O3S2. The van der Waals surface area contributed by atoms with Crippen LogP contribution in [0.15, 0.2) is 52.3 Å². The molecule has 0 amide bonds. The van der Waals surface area contributed by atoms with Crippen molar-refractivity contribution in [2.75, 3.05) is 27.0 Å². The van der Waals surface area contributed by atoms with Gasteiger partial charge in [0.2, 0.25) is 10.0 Å². The van der Waals surface area contributed by atoms with Gasteiger partial charge in [-0.2, -0.15) is 4.72 Å². The molecule has 2 aromatic rings. The first-order valence-corrected chi connectivity index (χ1v) is 10.1. The summed E-state index contributed by atoms with van der Waals surface area (Å²) in [6.45, 7) is 2.28. The molecular weight excluding hydrogens is 344 g/mol. The van der Waals surface area contributed by atoms with Crippen LogP contribution in [0.1, 0.15) is 5.56 Å². The quantitative estimate of drug-likeness (QED) is 0.602. The molecule has 0 aliphatic carbocycles. The van der Waals surface area contributed by atoms with Gasteiger partial charge in [-0.1, -0.05) is 0 Å². The zero-order valence-corrected chi connectivity index (χ0v) is 15.9. The molecule has 0 atom stereocenters. The van der Waals surface area contributed by atoms with E-state index in [-0.39, 0.29) is 11.6 Å². The molecule has 1 N–H and O–H groups in total. The monoisotopic (exact) mass is 366 g/mol. The van der Waals surface area contributed by atoms with Gasteiger partial charge < -0.3 is 4.74 Å². The van der Waals surface area contributed by atoms with Gasteiger partial charge in [-0.05, 0) is 75.3 Å². The Morgan fingerprint density at radius 1 is 1.08 bits per heavy atom. The van der Waals surface area contributed by atoms with Crippen molar-refractivity contribution in [2.45, 2.75) is 16.7 Å². The highest BCUT2D eigenvalue weighted by Crippen LogP contribution is 2.28. The lowest BCUT2D eigenvalue weighted by molar-refractivity contribution is 0.399. The number of hydrogen-bond acceptors (Lipinski definition) is 5. The summed E-state index contributed by atoms with van der Waals surface area (Å²) in [5.41, 5.74) is 1.15. The van der Waals surface area contributed by atoms with E-state index in [0.717, 1.165) is 11.3 Å². The number of aryl methyl sites for hydroxylation is 1. The lowest BCUT2D eigenvalue weighted by Gasteiger charge is -2.12. The first-order valence-electron chi connectivity index (χ1n) is 7.39. The molecule has 0 bridgehead atoms. The van der Waals surface area contributed by atoms with E-state index in [1.165, 1.54) is 17.0 Å². The third-order valence-electron chi connectivity index (χ3n) is 3.31. The number of nitrogens with zero attached hydrogens (tertiary/aromatic N) is 1. The van der Waals surface area contributed by atoms with Crippen LogP contribution in [0, 0.1) is 6.92 Å². The molecule has 0 aliphatic rings. The van der Waals surface area contributed by atoms with Crippen molar-refractivity contribution in [3.05, 3.63) is 48.0 Å². The maximum atomic E-state index is 12.1. The van der Waals surface area contributed by atoms with Gasteiger partial charge >= 0.3 is 0 Å². The maximum Gasteiger partial charge on any atom is 0.241 e. The van der Waals surface area contributed by atoms with E-state index in [1.807, 2.05) is 31.4 Å². The number of ether oxygens (including phenoxy) is 1. The Morgan fingerprint density at radius 2 is 1.71 bits per heavy atom. The molecule has 0 aromatic heterocycles.